The van der Waals surface area contributed by atoms with Crippen LogP contribution in [0.2, 0.25) is 0 Å². The van der Waals surface area contributed by atoms with Crippen molar-refractivity contribution < 1.29 is 14.5 Å². The van der Waals surface area contributed by atoms with E-state index < -0.39 is 0 Å². The van der Waals surface area contributed by atoms with Crippen LogP contribution in [-0.4, -0.2) is 40.1 Å². The van der Waals surface area contributed by atoms with Gasteiger partial charge in [-0.3, -0.25) is 4.79 Å². The van der Waals surface area contributed by atoms with Gasteiger partial charge in [-0.05, 0) is 6.42 Å². The average molecular weight is 226 g/mol. The Bertz CT molecular complexity index is 361. The zero-order valence-corrected chi connectivity index (χ0v) is 8.96. The highest BCUT2D eigenvalue weighted by atomic mass is 16.5. The molecule has 3 N–H and O–H groups in total. The van der Waals surface area contributed by atoms with Crippen LogP contribution in [0.1, 0.15) is 23.8 Å². The molecule has 0 aromatic carbocycles. The topological polar surface area (TPSA) is 105 Å². The lowest BCUT2D eigenvalue weighted by molar-refractivity contribution is 0.0768. The number of carbonyl (C=O) groups excluding carboxylic acids is 1. The molecule has 88 valence electrons. The van der Waals surface area contributed by atoms with E-state index in [0.717, 1.165) is 6.42 Å². The first-order valence-corrected chi connectivity index (χ1v) is 4.85. The van der Waals surface area contributed by atoms with Crippen molar-refractivity contribution in [2.24, 2.45) is 10.9 Å². The van der Waals surface area contributed by atoms with Gasteiger partial charge < -0.3 is 20.4 Å². The molecular weight excluding hydrogens is 212 g/mol. The van der Waals surface area contributed by atoms with E-state index in [0.29, 0.717) is 6.54 Å². The van der Waals surface area contributed by atoms with Crippen LogP contribution in [0.5, 0.6) is 0 Å². The van der Waals surface area contributed by atoms with Gasteiger partial charge in [-0.15, -0.1) is 0 Å². The Balaban J connectivity index is 2.73. The van der Waals surface area contributed by atoms with Gasteiger partial charge in [0.2, 0.25) is 0 Å². The fourth-order valence-corrected chi connectivity index (χ4v) is 1.23. The standard InChI is InChI=1S/C9H14N4O3/c1-2-4-13(6-8(10)11-15)9(14)7-3-5-16-12-7/h3,5,15H,2,4,6H2,1H3,(H2,10,11). The molecule has 0 fully saturated rings. The van der Waals surface area contributed by atoms with Gasteiger partial charge >= 0.3 is 0 Å². The molecule has 0 spiro atoms. The van der Waals surface area contributed by atoms with E-state index in [2.05, 4.69) is 14.8 Å². The lowest BCUT2D eigenvalue weighted by Gasteiger charge is -2.19. The molecule has 7 heteroatoms. The summed E-state index contributed by atoms with van der Waals surface area (Å²) in [5.74, 6) is -0.326. The molecule has 16 heavy (non-hydrogen) atoms. The van der Waals surface area contributed by atoms with Gasteiger partial charge in [-0.25, -0.2) is 0 Å². The van der Waals surface area contributed by atoms with Gasteiger partial charge in [-0.2, -0.15) is 0 Å². The Morgan fingerprint density at radius 1 is 1.75 bits per heavy atom. The van der Waals surface area contributed by atoms with Gasteiger partial charge in [0, 0.05) is 12.6 Å². The van der Waals surface area contributed by atoms with Crippen LogP contribution in [0.25, 0.3) is 0 Å². The predicted octanol–water partition coefficient (Wildman–Crippen LogP) is 0.273. The third-order valence-corrected chi connectivity index (χ3v) is 1.92. The Labute approximate surface area is 92.5 Å². The summed E-state index contributed by atoms with van der Waals surface area (Å²) < 4.78 is 4.59. The molecule has 0 aliphatic carbocycles. The first-order chi connectivity index (χ1) is 7.69. The summed E-state index contributed by atoms with van der Waals surface area (Å²) >= 11 is 0. The molecule has 1 rings (SSSR count). The highest BCUT2D eigenvalue weighted by molar-refractivity contribution is 5.95. The Hall–Kier alpha value is -2.05. The number of nitrogens with two attached hydrogens (primary N) is 1. The molecule has 0 saturated heterocycles. The van der Waals surface area contributed by atoms with E-state index in [1.807, 2.05) is 6.92 Å². The van der Waals surface area contributed by atoms with E-state index >= 15 is 0 Å². The van der Waals surface area contributed by atoms with Crippen molar-refractivity contribution in [2.75, 3.05) is 13.1 Å². The first kappa shape index (κ1) is 12.0. The average Bonchev–Trinajstić information content (AvgIpc) is 2.80. The summed E-state index contributed by atoms with van der Waals surface area (Å²) in [7, 11) is 0. The monoisotopic (exact) mass is 226 g/mol. The van der Waals surface area contributed by atoms with E-state index in [1.165, 1.54) is 17.2 Å². The van der Waals surface area contributed by atoms with Crippen molar-refractivity contribution in [1.29, 1.82) is 0 Å². The number of nitrogens with zero attached hydrogens (tertiary/aromatic N) is 3. The predicted molar refractivity (Wildman–Crippen MR) is 56.1 cm³/mol. The normalized spacial score (nSPS) is 11.4. The number of amidine groups is 1. The van der Waals surface area contributed by atoms with Crippen molar-refractivity contribution in [3.05, 3.63) is 18.0 Å². The van der Waals surface area contributed by atoms with Gasteiger partial charge in [-0.1, -0.05) is 17.2 Å². The number of oxime groups is 1. The summed E-state index contributed by atoms with van der Waals surface area (Å²) in [4.78, 5) is 13.3. The van der Waals surface area contributed by atoms with Crippen molar-refractivity contribution in [2.45, 2.75) is 13.3 Å². The second-order valence-electron chi connectivity index (χ2n) is 3.20. The van der Waals surface area contributed by atoms with Gasteiger partial charge in [0.15, 0.2) is 11.5 Å². The SMILES string of the molecule is CCCN(CC(N)=NO)C(=O)c1ccon1. The molecule has 1 heterocycles. The fourth-order valence-electron chi connectivity index (χ4n) is 1.23. The summed E-state index contributed by atoms with van der Waals surface area (Å²) in [6, 6.07) is 1.47. The van der Waals surface area contributed by atoms with E-state index in [-0.39, 0.29) is 24.0 Å². The Morgan fingerprint density at radius 3 is 3.00 bits per heavy atom. The lowest BCUT2D eigenvalue weighted by atomic mass is 10.3. The molecule has 1 aromatic heterocycles. The maximum Gasteiger partial charge on any atom is 0.276 e. The highest BCUT2D eigenvalue weighted by Gasteiger charge is 2.18. The molecule has 0 atom stereocenters. The molecule has 0 saturated carbocycles. The van der Waals surface area contributed by atoms with E-state index in [1.54, 1.807) is 0 Å². The summed E-state index contributed by atoms with van der Waals surface area (Å²) in [6.45, 7) is 2.49. The fraction of sp³-hybridized carbons (Fsp3) is 0.444. The van der Waals surface area contributed by atoms with Crippen LogP contribution in [0.4, 0.5) is 0 Å². The zero-order valence-electron chi connectivity index (χ0n) is 8.96. The Kier molecular flexibility index (Phi) is 4.31. The second kappa shape index (κ2) is 5.74. The van der Waals surface area contributed by atoms with Crippen LogP contribution in [0.3, 0.4) is 0 Å². The summed E-state index contributed by atoms with van der Waals surface area (Å²) in [6.07, 6.45) is 2.09. The van der Waals surface area contributed by atoms with Crippen molar-refractivity contribution in [3.8, 4) is 0 Å². The number of hydrogen-bond acceptors (Lipinski definition) is 5. The molecule has 1 aromatic rings. The minimum Gasteiger partial charge on any atom is -0.409 e. The van der Waals surface area contributed by atoms with Crippen LogP contribution in [-0.2, 0) is 0 Å². The molecular formula is C9H14N4O3. The number of amides is 1. The maximum absolute atomic E-state index is 11.9. The van der Waals surface area contributed by atoms with Crippen molar-refractivity contribution in [1.82, 2.24) is 10.1 Å². The first-order valence-electron chi connectivity index (χ1n) is 4.85. The third kappa shape index (κ3) is 2.97. The van der Waals surface area contributed by atoms with Gasteiger partial charge in [0.05, 0.1) is 6.54 Å². The number of aromatic nitrogens is 1. The number of hydrogen-bond donors (Lipinski definition) is 2. The number of rotatable bonds is 5. The molecule has 0 unspecified atom stereocenters. The van der Waals surface area contributed by atoms with Crippen molar-refractivity contribution >= 4 is 11.7 Å². The highest BCUT2D eigenvalue weighted by Crippen LogP contribution is 2.02. The maximum atomic E-state index is 11.9. The third-order valence-electron chi connectivity index (χ3n) is 1.92. The van der Waals surface area contributed by atoms with Crippen LogP contribution < -0.4 is 5.73 Å². The minimum absolute atomic E-state index is 0.0229. The van der Waals surface area contributed by atoms with Crippen LogP contribution in [0, 0.1) is 0 Å². The summed E-state index contributed by atoms with van der Waals surface area (Å²) in [5.41, 5.74) is 5.57. The van der Waals surface area contributed by atoms with E-state index in [4.69, 9.17) is 10.9 Å². The largest absolute Gasteiger partial charge is 0.409 e. The zero-order chi connectivity index (χ0) is 12.0. The molecule has 1 amide bonds. The van der Waals surface area contributed by atoms with Crippen LogP contribution in [0.15, 0.2) is 22.0 Å². The van der Waals surface area contributed by atoms with Gasteiger partial charge in [0.1, 0.15) is 6.26 Å². The molecule has 0 aliphatic heterocycles. The lowest BCUT2D eigenvalue weighted by Crippen LogP contribution is -2.39. The Morgan fingerprint density at radius 2 is 2.50 bits per heavy atom. The molecule has 0 bridgehead atoms. The molecule has 7 nitrogen and oxygen atoms in total. The minimum atomic E-state index is -0.304. The smallest absolute Gasteiger partial charge is 0.276 e. The summed E-state index contributed by atoms with van der Waals surface area (Å²) in [5, 5.41) is 14.8. The number of carbonyl (C=O) groups is 1. The second-order valence-corrected chi connectivity index (χ2v) is 3.20. The molecule has 0 aliphatic rings. The van der Waals surface area contributed by atoms with E-state index in [9.17, 15) is 4.79 Å². The van der Waals surface area contributed by atoms with Crippen LogP contribution >= 0.6 is 0 Å². The van der Waals surface area contributed by atoms with Crippen molar-refractivity contribution in [3.63, 3.8) is 0 Å². The van der Waals surface area contributed by atoms with Gasteiger partial charge in [0.25, 0.3) is 5.91 Å². The quantitative estimate of drug-likeness (QED) is 0.324. The molecule has 0 radical (unpaired) electrons.